The lowest BCUT2D eigenvalue weighted by molar-refractivity contribution is -0.183. The summed E-state index contributed by atoms with van der Waals surface area (Å²) in [6.45, 7) is 23.0. The molecule has 32 heavy (non-hydrogen) atoms. The van der Waals surface area contributed by atoms with Gasteiger partial charge in [0, 0.05) is 31.0 Å². The van der Waals surface area contributed by atoms with Crippen molar-refractivity contribution in [3.63, 3.8) is 0 Å². The Hall–Kier alpha value is -0.450. The lowest BCUT2D eigenvalue weighted by atomic mass is 9.51. The van der Waals surface area contributed by atoms with Crippen molar-refractivity contribution in [3.05, 3.63) is 0 Å². The summed E-state index contributed by atoms with van der Waals surface area (Å²) in [5.41, 5.74) is -1.31. The Morgan fingerprint density at radius 2 is 1.44 bits per heavy atom. The van der Waals surface area contributed by atoms with Crippen LogP contribution >= 0.6 is 0 Å². The predicted molar refractivity (Wildman–Crippen MR) is 136 cm³/mol. The second-order valence-electron chi connectivity index (χ2n) is 10.8. The number of Topliss-reactive ketones (excluding diaryl/α,β-unsaturated/α-hetero) is 1. The zero-order valence-electron chi connectivity index (χ0n) is 23.5. The molecule has 0 radical (unpaired) electrons. The number of ether oxygens (including phenoxy) is 3. The number of ketones is 1. The maximum Gasteiger partial charge on any atom is 0.139 e. The molecular weight excluding hydrogens is 400 g/mol. The van der Waals surface area contributed by atoms with E-state index in [0.29, 0.717) is 31.5 Å². The molecule has 4 heteroatoms. The standard InChI is InChI=1S/C28H56O4/c1-12-19-28(16-5,24(29)18-17-21-31-23(13-2)14-3)27(10,15-4)26(8,9)32-22-20-25(6,7)30-11/h23H,12-22H2,1-11H3. The zero-order chi connectivity index (χ0) is 25.1. The molecule has 2 unspecified atom stereocenters. The first-order chi connectivity index (χ1) is 14.9. The van der Waals surface area contributed by atoms with Gasteiger partial charge in [0.05, 0.1) is 23.9 Å². The van der Waals surface area contributed by atoms with Crippen LogP contribution < -0.4 is 0 Å². The van der Waals surface area contributed by atoms with E-state index in [0.717, 1.165) is 51.4 Å². The van der Waals surface area contributed by atoms with Gasteiger partial charge in [-0.1, -0.05) is 48.0 Å². The van der Waals surface area contributed by atoms with Crippen molar-refractivity contribution in [2.75, 3.05) is 20.3 Å². The van der Waals surface area contributed by atoms with E-state index in [4.69, 9.17) is 14.2 Å². The van der Waals surface area contributed by atoms with Crippen LogP contribution in [-0.2, 0) is 19.0 Å². The van der Waals surface area contributed by atoms with E-state index in [9.17, 15) is 4.79 Å². The fourth-order valence-corrected chi connectivity index (χ4v) is 5.31. The van der Waals surface area contributed by atoms with Crippen LogP contribution in [0.4, 0.5) is 0 Å². The molecular formula is C28H56O4. The Balaban J connectivity index is 5.63. The molecule has 0 aliphatic heterocycles. The molecule has 0 aromatic rings. The first kappa shape index (κ1) is 31.6. The lowest BCUT2D eigenvalue weighted by Crippen LogP contribution is -2.58. The summed E-state index contributed by atoms with van der Waals surface area (Å²) in [5, 5.41) is 0. The molecule has 0 rings (SSSR count). The highest BCUT2D eigenvalue weighted by Gasteiger charge is 2.57. The maximum atomic E-state index is 13.9. The van der Waals surface area contributed by atoms with Gasteiger partial charge in [-0.15, -0.1) is 0 Å². The quantitative estimate of drug-likeness (QED) is 0.186. The van der Waals surface area contributed by atoms with E-state index in [1.165, 1.54) is 0 Å². The Labute approximate surface area is 200 Å². The van der Waals surface area contributed by atoms with Crippen LogP contribution in [0.25, 0.3) is 0 Å². The number of carbonyl (C=O) groups excluding carboxylic acids is 1. The molecule has 0 aliphatic rings. The molecule has 0 fully saturated rings. The Bertz CT molecular complexity index is 524. The van der Waals surface area contributed by atoms with Gasteiger partial charge in [-0.3, -0.25) is 4.79 Å². The van der Waals surface area contributed by atoms with E-state index in [-0.39, 0.29) is 11.0 Å². The number of hydrogen-bond donors (Lipinski definition) is 0. The molecule has 2 atom stereocenters. The van der Waals surface area contributed by atoms with Gasteiger partial charge >= 0.3 is 0 Å². The minimum Gasteiger partial charge on any atom is -0.379 e. The lowest BCUT2D eigenvalue weighted by Gasteiger charge is -2.56. The van der Waals surface area contributed by atoms with Crippen LogP contribution in [0, 0.1) is 10.8 Å². The topological polar surface area (TPSA) is 44.8 Å². The Morgan fingerprint density at radius 3 is 1.88 bits per heavy atom. The van der Waals surface area contributed by atoms with Gasteiger partial charge in [-0.05, 0) is 72.6 Å². The predicted octanol–water partition coefficient (Wildman–Crippen LogP) is 7.76. The molecule has 0 aromatic heterocycles. The van der Waals surface area contributed by atoms with Gasteiger partial charge in [0.15, 0.2) is 0 Å². The van der Waals surface area contributed by atoms with Crippen molar-refractivity contribution in [2.45, 2.75) is 144 Å². The van der Waals surface area contributed by atoms with Crippen molar-refractivity contribution < 1.29 is 19.0 Å². The van der Waals surface area contributed by atoms with Gasteiger partial charge in [0.25, 0.3) is 0 Å². The zero-order valence-corrected chi connectivity index (χ0v) is 23.5. The molecule has 4 nitrogen and oxygen atoms in total. The fraction of sp³-hybridized carbons (Fsp3) is 0.964. The van der Waals surface area contributed by atoms with Crippen LogP contribution in [0.3, 0.4) is 0 Å². The second kappa shape index (κ2) is 14.1. The SMILES string of the molecule is CCCC(CC)(C(=O)CCCOC(CC)CC)C(C)(CC)C(C)(C)OCCC(C)(C)OC. The van der Waals surface area contributed by atoms with Crippen LogP contribution in [-0.4, -0.2) is 43.4 Å². The van der Waals surface area contributed by atoms with Gasteiger partial charge in [-0.25, -0.2) is 0 Å². The fourth-order valence-electron chi connectivity index (χ4n) is 5.31. The second-order valence-corrected chi connectivity index (χ2v) is 10.8. The third kappa shape index (κ3) is 7.81. The Morgan fingerprint density at radius 1 is 0.844 bits per heavy atom. The molecule has 0 heterocycles. The average Bonchev–Trinajstić information content (AvgIpc) is 2.76. The average molecular weight is 457 g/mol. The van der Waals surface area contributed by atoms with Crippen molar-refractivity contribution in [1.82, 2.24) is 0 Å². The summed E-state index contributed by atoms with van der Waals surface area (Å²) >= 11 is 0. The summed E-state index contributed by atoms with van der Waals surface area (Å²) in [4.78, 5) is 13.9. The molecule has 0 bridgehead atoms. The largest absolute Gasteiger partial charge is 0.379 e. The van der Waals surface area contributed by atoms with E-state index in [2.05, 4.69) is 69.2 Å². The van der Waals surface area contributed by atoms with E-state index in [1.54, 1.807) is 7.11 Å². The highest BCUT2D eigenvalue weighted by atomic mass is 16.5. The third-order valence-corrected chi connectivity index (χ3v) is 8.44. The summed E-state index contributed by atoms with van der Waals surface area (Å²) in [6, 6.07) is 0. The summed E-state index contributed by atoms with van der Waals surface area (Å²) in [6.07, 6.45) is 8.19. The van der Waals surface area contributed by atoms with Gasteiger partial charge < -0.3 is 14.2 Å². The van der Waals surface area contributed by atoms with Gasteiger partial charge in [-0.2, -0.15) is 0 Å². The number of hydrogen-bond acceptors (Lipinski definition) is 4. The maximum absolute atomic E-state index is 13.9. The van der Waals surface area contributed by atoms with Crippen molar-refractivity contribution in [2.24, 2.45) is 10.8 Å². The minimum absolute atomic E-state index is 0.214. The van der Waals surface area contributed by atoms with Crippen LogP contribution in [0.2, 0.25) is 0 Å². The minimum atomic E-state index is -0.432. The summed E-state index contributed by atoms with van der Waals surface area (Å²) in [5.74, 6) is 0.383. The van der Waals surface area contributed by atoms with Crippen molar-refractivity contribution in [3.8, 4) is 0 Å². The molecule has 192 valence electrons. The van der Waals surface area contributed by atoms with Crippen molar-refractivity contribution in [1.29, 1.82) is 0 Å². The molecule has 0 N–H and O–H groups in total. The molecule has 0 aliphatic carbocycles. The van der Waals surface area contributed by atoms with Crippen LogP contribution in [0.1, 0.15) is 127 Å². The van der Waals surface area contributed by atoms with Crippen LogP contribution in [0.5, 0.6) is 0 Å². The first-order valence-corrected chi connectivity index (χ1v) is 13.2. The third-order valence-electron chi connectivity index (χ3n) is 8.44. The van der Waals surface area contributed by atoms with E-state index < -0.39 is 11.0 Å². The molecule has 0 spiro atoms. The number of carbonyl (C=O) groups is 1. The summed E-state index contributed by atoms with van der Waals surface area (Å²) < 4.78 is 18.1. The number of methoxy groups -OCH3 is 1. The highest BCUT2D eigenvalue weighted by Crippen LogP contribution is 2.56. The molecule has 0 saturated carbocycles. The van der Waals surface area contributed by atoms with Gasteiger partial charge in [0.1, 0.15) is 5.78 Å². The molecule has 0 amide bonds. The highest BCUT2D eigenvalue weighted by molar-refractivity contribution is 5.86. The normalized spacial score (nSPS) is 16.8. The van der Waals surface area contributed by atoms with E-state index >= 15 is 0 Å². The van der Waals surface area contributed by atoms with Crippen LogP contribution in [0.15, 0.2) is 0 Å². The monoisotopic (exact) mass is 456 g/mol. The Kier molecular flexibility index (Phi) is 13.9. The summed E-state index contributed by atoms with van der Waals surface area (Å²) in [7, 11) is 1.75. The molecule has 0 saturated heterocycles. The van der Waals surface area contributed by atoms with Crippen molar-refractivity contribution >= 4 is 5.78 Å². The number of rotatable bonds is 19. The first-order valence-electron chi connectivity index (χ1n) is 13.2. The smallest absolute Gasteiger partial charge is 0.139 e. The van der Waals surface area contributed by atoms with E-state index in [1.807, 2.05) is 0 Å². The molecule has 0 aromatic carbocycles. The van der Waals surface area contributed by atoms with Gasteiger partial charge in [0.2, 0.25) is 0 Å².